The fourth-order valence-corrected chi connectivity index (χ4v) is 1.63. The molecule has 1 nitrogen and oxygen atoms in total. The lowest BCUT2D eigenvalue weighted by molar-refractivity contribution is 1.42. The van der Waals surface area contributed by atoms with Gasteiger partial charge in [0.1, 0.15) is 0 Å². The fourth-order valence-electron chi connectivity index (χ4n) is 1.43. The van der Waals surface area contributed by atoms with Crippen molar-refractivity contribution in [1.29, 1.82) is 5.41 Å². The number of aryl methyl sites for hydroxylation is 1. The van der Waals surface area contributed by atoms with Crippen molar-refractivity contribution in [2.45, 2.75) is 13.8 Å². The quantitative estimate of drug-likeness (QED) is 0.436. The first-order valence-electron chi connectivity index (χ1n) is 4.83. The van der Waals surface area contributed by atoms with Gasteiger partial charge in [-0.25, -0.2) is 0 Å². The van der Waals surface area contributed by atoms with Crippen LogP contribution in [0.15, 0.2) is 41.3 Å². The Balaban J connectivity index is 3.35. The van der Waals surface area contributed by atoms with Gasteiger partial charge in [-0.3, -0.25) is 0 Å². The average Bonchev–Trinajstić information content (AvgIpc) is 2.26. The van der Waals surface area contributed by atoms with E-state index in [4.69, 9.17) is 5.41 Å². The van der Waals surface area contributed by atoms with Gasteiger partial charge in [0.05, 0.1) is 0 Å². The third-order valence-electron chi connectivity index (χ3n) is 2.18. The first-order chi connectivity index (χ1) is 7.20. The topological polar surface area (TPSA) is 23.9 Å². The number of hydrogen-bond donors (Lipinski definition) is 2. The SMILES string of the molecule is C/C=C\C(=C(\S)C=N)c1ccccc1C. The smallest absolute Gasteiger partial charge is 0.0317 e. The molecule has 78 valence electrons. The number of benzene rings is 1. The van der Waals surface area contributed by atoms with Crippen LogP contribution >= 0.6 is 12.6 Å². The molecular weight excluding hydrogens is 202 g/mol. The maximum atomic E-state index is 7.24. The van der Waals surface area contributed by atoms with Crippen molar-refractivity contribution < 1.29 is 0 Å². The predicted molar refractivity (Wildman–Crippen MR) is 70.7 cm³/mol. The lowest BCUT2D eigenvalue weighted by Gasteiger charge is -2.08. The summed E-state index contributed by atoms with van der Waals surface area (Å²) in [6.07, 6.45) is 5.21. The van der Waals surface area contributed by atoms with Gasteiger partial charge in [0.2, 0.25) is 0 Å². The lowest BCUT2D eigenvalue weighted by Crippen LogP contribution is -1.89. The summed E-state index contributed by atoms with van der Waals surface area (Å²) >= 11 is 4.30. The molecule has 0 atom stereocenters. The van der Waals surface area contributed by atoms with Gasteiger partial charge in [-0.1, -0.05) is 36.4 Å². The Labute approximate surface area is 96.4 Å². The number of allylic oxidation sites excluding steroid dienone is 4. The molecule has 0 aliphatic rings. The highest BCUT2D eigenvalue weighted by molar-refractivity contribution is 7.85. The second-order valence-electron chi connectivity index (χ2n) is 3.26. The van der Waals surface area contributed by atoms with Crippen LogP contribution in [0.3, 0.4) is 0 Å². The minimum absolute atomic E-state index is 0.683. The van der Waals surface area contributed by atoms with E-state index in [1.165, 1.54) is 11.8 Å². The highest BCUT2D eigenvalue weighted by atomic mass is 32.1. The molecule has 0 unspecified atom stereocenters. The van der Waals surface area contributed by atoms with Crippen LogP contribution in [0.5, 0.6) is 0 Å². The summed E-state index contributed by atoms with van der Waals surface area (Å²) in [5.41, 5.74) is 3.32. The molecule has 0 heterocycles. The van der Waals surface area contributed by atoms with Crippen LogP contribution in [0.25, 0.3) is 5.57 Å². The Morgan fingerprint density at radius 1 is 1.33 bits per heavy atom. The molecule has 0 fully saturated rings. The van der Waals surface area contributed by atoms with E-state index < -0.39 is 0 Å². The first kappa shape index (κ1) is 11.8. The van der Waals surface area contributed by atoms with Crippen molar-refractivity contribution in [2.75, 3.05) is 0 Å². The van der Waals surface area contributed by atoms with E-state index in [1.54, 1.807) is 0 Å². The van der Waals surface area contributed by atoms with E-state index in [0.717, 1.165) is 11.1 Å². The minimum atomic E-state index is 0.683. The second-order valence-corrected chi connectivity index (χ2v) is 3.74. The van der Waals surface area contributed by atoms with E-state index in [0.29, 0.717) is 4.91 Å². The lowest BCUT2D eigenvalue weighted by atomic mass is 10.00. The van der Waals surface area contributed by atoms with E-state index >= 15 is 0 Å². The van der Waals surface area contributed by atoms with Gasteiger partial charge in [-0.15, -0.1) is 12.6 Å². The van der Waals surface area contributed by atoms with Crippen molar-refractivity contribution >= 4 is 24.4 Å². The molecule has 1 aromatic rings. The number of rotatable bonds is 3. The summed E-state index contributed by atoms with van der Waals surface area (Å²) in [7, 11) is 0. The van der Waals surface area contributed by atoms with Gasteiger partial charge in [0.25, 0.3) is 0 Å². The Hall–Kier alpha value is -1.28. The van der Waals surface area contributed by atoms with E-state index in [-0.39, 0.29) is 0 Å². The summed E-state index contributed by atoms with van der Waals surface area (Å²) in [5, 5.41) is 7.24. The molecule has 0 aliphatic carbocycles. The Bertz CT molecular complexity index is 416. The van der Waals surface area contributed by atoms with Crippen LogP contribution in [0.2, 0.25) is 0 Å². The predicted octanol–water partition coefficient (Wildman–Crippen LogP) is 3.86. The number of nitrogens with one attached hydrogen (secondary N) is 1. The van der Waals surface area contributed by atoms with Crippen LogP contribution in [0.4, 0.5) is 0 Å². The van der Waals surface area contributed by atoms with Gasteiger partial charge < -0.3 is 5.41 Å². The van der Waals surface area contributed by atoms with Crippen LogP contribution < -0.4 is 0 Å². The first-order valence-corrected chi connectivity index (χ1v) is 5.27. The summed E-state index contributed by atoms with van der Waals surface area (Å²) in [6, 6.07) is 8.11. The standard InChI is InChI=1S/C13H15NS/c1-3-6-12(13(15)9-14)11-8-5-4-7-10(11)2/h3-9,14-15H,1-2H3/b6-3-,13-12-,14-9?. The van der Waals surface area contributed by atoms with Crippen molar-refractivity contribution in [3.8, 4) is 0 Å². The highest BCUT2D eigenvalue weighted by Gasteiger charge is 2.04. The molecule has 0 aliphatic heterocycles. The third kappa shape index (κ3) is 2.83. The van der Waals surface area contributed by atoms with Crippen LogP contribution in [-0.4, -0.2) is 6.21 Å². The molecule has 15 heavy (non-hydrogen) atoms. The van der Waals surface area contributed by atoms with Crippen molar-refractivity contribution in [3.05, 3.63) is 52.4 Å². The maximum absolute atomic E-state index is 7.24. The monoisotopic (exact) mass is 217 g/mol. The molecule has 1 N–H and O–H groups in total. The average molecular weight is 217 g/mol. The van der Waals surface area contributed by atoms with Crippen LogP contribution in [0, 0.1) is 12.3 Å². The summed E-state index contributed by atoms with van der Waals surface area (Å²) < 4.78 is 0. The molecule has 0 saturated heterocycles. The Kier molecular flexibility index (Phi) is 4.37. The van der Waals surface area contributed by atoms with Gasteiger partial charge in [-0.2, -0.15) is 0 Å². The van der Waals surface area contributed by atoms with Gasteiger partial charge in [0, 0.05) is 11.1 Å². The normalized spacial score (nSPS) is 12.7. The van der Waals surface area contributed by atoms with Crippen molar-refractivity contribution in [1.82, 2.24) is 0 Å². The molecule has 0 saturated carbocycles. The Morgan fingerprint density at radius 2 is 2.00 bits per heavy atom. The summed E-state index contributed by atoms with van der Waals surface area (Å²) in [6.45, 7) is 4.02. The summed E-state index contributed by atoms with van der Waals surface area (Å²) in [4.78, 5) is 0.683. The van der Waals surface area contributed by atoms with Gasteiger partial charge >= 0.3 is 0 Å². The van der Waals surface area contributed by atoms with Crippen molar-refractivity contribution in [2.24, 2.45) is 0 Å². The zero-order valence-electron chi connectivity index (χ0n) is 8.99. The molecular formula is C13H15NS. The zero-order chi connectivity index (χ0) is 11.3. The maximum Gasteiger partial charge on any atom is 0.0317 e. The highest BCUT2D eigenvalue weighted by Crippen LogP contribution is 2.24. The number of hydrogen-bond acceptors (Lipinski definition) is 2. The van der Waals surface area contributed by atoms with Gasteiger partial charge in [-0.05, 0) is 30.5 Å². The molecule has 0 aromatic heterocycles. The largest absolute Gasteiger partial charge is 0.308 e. The van der Waals surface area contributed by atoms with E-state index in [2.05, 4.69) is 25.6 Å². The molecule has 0 bridgehead atoms. The summed E-state index contributed by atoms with van der Waals surface area (Å²) in [5.74, 6) is 0. The molecule has 0 radical (unpaired) electrons. The molecule has 0 amide bonds. The number of thiol groups is 1. The van der Waals surface area contributed by atoms with Crippen molar-refractivity contribution in [3.63, 3.8) is 0 Å². The van der Waals surface area contributed by atoms with Crippen LogP contribution in [0.1, 0.15) is 18.1 Å². The van der Waals surface area contributed by atoms with E-state index in [9.17, 15) is 0 Å². The molecule has 0 spiro atoms. The zero-order valence-corrected chi connectivity index (χ0v) is 9.88. The van der Waals surface area contributed by atoms with E-state index in [1.807, 2.05) is 37.3 Å². The third-order valence-corrected chi connectivity index (χ3v) is 2.55. The Morgan fingerprint density at radius 3 is 2.53 bits per heavy atom. The minimum Gasteiger partial charge on any atom is -0.308 e. The van der Waals surface area contributed by atoms with Gasteiger partial charge in [0.15, 0.2) is 0 Å². The molecule has 1 aromatic carbocycles. The fraction of sp³-hybridized carbons (Fsp3) is 0.154. The van der Waals surface area contributed by atoms with Crippen LogP contribution in [-0.2, 0) is 0 Å². The molecule has 1 rings (SSSR count). The molecule has 2 heteroatoms. The second kappa shape index (κ2) is 5.56.